The molecule has 0 saturated carbocycles. The summed E-state index contributed by atoms with van der Waals surface area (Å²) in [5, 5.41) is 0. The minimum absolute atomic E-state index is 0.133. The lowest BCUT2D eigenvalue weighted by Crippen LogP contribution is -2.47. The number of hydrogen-bond donors (Lipinski definition) is 0. The van der Waals surface area contributed by atoms with Crippen molar-refractivity contribution in [3.8, 4) is 0 Å². The lowest BCUT2D eigenvalue weighted by molar-refractivity contribution is 0.0634. The molecule has 1 fully saturated rings. The van der Waals surface area contributed by atoms with Gasteiger partial charge in [-0.3, -0.25) is 4.79 Å². The second-order valence-corrected chi connectivity index (χ2v) is 5.85. The van der Waals surface area contributed by atoms with Crippen molar-refractivity contribution >= 4 is 21.8 Å². The Hall–Kier alpha value is -0.870. The molecule has 1 aliphatic heterocycles. The van der Waals surface area contributed by atoms with Gasteiger partial charge >= 0.3 is 0 Å². The van der Waals surface area contributed by atoms with Gasteiger partial charge in [-0.15, -0.1) is 0 Å². The number of halogens is 1. The number of likely N-dealkylation sites (tertiary alicyclic amines) is 1. The highest BCUT2D eigenvalue weighted by Gasteiger charge is 2.26. The summed E-state index contributed by atoms with van der Waals surface area (Å²) in [6, 6.07) is 8.11. The van der Waals surface area contributed by atoms with Gasteiger partial charge in [-0.25, -0.2) is 0 Å². The smallest absolute Gasteiger partial charge is 0.255 e. The molecule has 18 heavy (non-hydrogen) atoms. The molecule has 1 atom stereocenters. The van der Waals surface area contributed by atoms with Crippen LogP contribution in [0.4, 0.5) is 0 Å². The average molecular weight is 311 g/mol. The Morgan fingerprint density at radius 1 is 1.39 bits per heavy atom. The van der Waals surface area contributed by atoms with Crippen molar-refractivity contribution in [2.24, 2.45) is 0 Å². The van der Waals surface area contributed by atoms with Crippen LogP contribution in [0.2, 0.25) is 0 Å². The highest BCUT2D eigenvalue weighted by molar-refractivity contribution is 9.10. The topological polar surface area (TPSA) is 23.6 Å². The first-order valence-corrected chi connectivity index (χ1v) is 7.09. The van der Waals surface area contributed by atoms with Crippen molar-refractivity contribution in [1.29, 1.82) is 0 Å². The molecular weight excluding hydrogens is 292 g/mol. The van der Waals surface area contributed by atoms with Crippen molar-refractivity contribution in [3.63, 3.8) is 0 Å². The Bertz CT molecular complexity index is 434. The highest BCUT2D eigenvalue weighted by atomic mass is 79.9. The number of amides is 1. The van der Waals surface area contributed by atoms with Crippen LogP contribution < -0.4 is 0 Å². The van der Waals surface area contributed by atoms with Crippen LogP contribution in [0.1, 0.15) is 23.2 Å². The van der Waals surface area contributed by atoms with Gasteiger partial charge in [0.2, 0.25) is 0 Å². The third kappa shape index (κ3) is 2.93. The lowest BCUT2D eigenvalue weighted by Gasteiger charge is -2.36. The maximum atomic E-state index is 12.5. The fourth-order valence-corrected chi connectivity index (χ4v) is 2.82. The van der Waals surface area contributed by atoms with E-state index in [1.54, 1.807) is 0 Å². The van der Waals surface area contributed by atoms with E-state index in [0.29, 0.717) is 6.04 Å². The van der Waals surface area contributed by atoms with Gasteiger partial charge in [-0.2, -0.15) is 0 Å². The molecule has 1 saturated heterocycles. The predicted molar refractivity (Wildman–Crippen MR) is 76.8 cm³/mol. The first kappa shape index (κ1) is 13.6. The third-order valence-corrected chi connectivity index (χ3v) is 4.21. The van der Waals surface area contributed by atoms with E-state index >= 15 is 0 Å². The van der Waals surface area contributed by atoms with E-state index in [4.69, 9.17) is 0 Å². The Balaban J connectivity index is 2.12. The predicted octanol–water partition coefficient (Wildman–Crippen LogP) is 2.62. The van der Waals surface area contributed by atoms with Crippen molar-refractivity contribution in [1.82, 2.24) is 9.80 Å². The maximum Gasteiger partial charge on any atom is 0.255 e. The zero-order valence-electron chi connectivity index (χ0n) is 10.9. The molecule has 3 nitrogen and oxygen atoms in total. The molecule has 0 bridgehead atoms. The van der Waals surface area contributed by atoms with E-state index in [1.807, 2.05) is 29.2 Å². The van der Waals surface area contributed by atoms with Gasteiger partial charge in [0.25, 0.3) is 5.91 Å². The van der Waals surface area contributed by atoms with Crippen LogP contribution in [0, 0.1) is 0 Å². The summed E-state index contributed by atoms with van der Waals surface area (Å²) in [5.74, 6) is 0.133. The largest absolute Gasteiger partial charge is 0.337 e. The quantitative estimate of drug-likeness (QED) is 0.838. The molecule has 0 N–H and O–H groups in total. The number of carbonyl (C=O) groups is 1. The van der Waals surface area contributed by atoms with Crippen LogP contribution in [0.5, 0.6) is 0 Å². The zero-order valence-corrected chi connectivity index (χ0v) is 12.5. The molecule has 1 aliphatic rings. The number of rotatable bonds is 2. The number of nitrogens with zero attached hydrogens (tertiary/aromatic N) is 2. The molecule has 1 amide bonds. The van der Waals surface area contributed by atoms with Crippen molar-refractivity contribution in [2.75, 3.05) is 27.2 Å². The standard InChI is InChI=1S/C14H19BrN2O/c1-16(2)11-6-5-9-17(10-11)14(18)12-7-3-4-8-13(12)15/h3-4,7-8,11H,5-6,9-10H2,1-2H3. The van der Waals surface area contributed by atoms with Crippen molar-refractivity contribution < 1.29 is 4.79 Å². The summed E-state index contributed by atoms with van der Waals surface area (Å²) >= 11 is 3.45. The van der Waals surface area contributed by atoms with E-state index in [1.165, 1.54) is 6.42 Å². The summed E-state index contributed by atoms with van der Waals surface area (Å²) in [7, 11) is 4.16. The van der Waals surface area contributed by atoms with Gasteiger partial charge in [0.1, 0.15) is 0 Å². The molecule has 1 heterocycles. The molecule has 1 aromatic rings. The summed E-state index contributed by atoms with van der Waals surface area (Å²) in [5.41, 5.74) is 0.761. The van der Waals surface area contributed by atoms with Crippen molar-refractivity contribution in [3.05, 3.63) is 34.3 Å². The number of hydrogen-bond acceptors (Lipinski definition) is 2. The molecule has 0 aromatic heterocycles. The molecule has 0 aliphatic carbocycles. The van der Waals surface area contributed by atoms with E-state index in [9.17, 15) is 4.79 Å². The normalized spacial score (nSPS) is 20.2. The Morgan fingerprint density at radius 3 is 2.78 bits per heavy atom. The second-order valence-electron chi connectivity index (χ2n) is 4.99. The Labute approximate surface area is 117 Å². The van der Waals surface area contributed by atoms with E-state index in [2.05, 4.69) is 34.9 Å². The Kier molecular flexibility index (Phi) is 4.40. The van der Waals surface area contributed by atoms with Gasteiger partial charge in [-0.05, 0) is 55.0 Å². The monoisotopic (exact) mass is 310 g/mol. The van der Waals surface area contributed by atoms with E-state index < -0.39 is 0 Å². The van der Waals surface area contributed by atoms with Crippen molar-refractivity contribution in [2.45, 2.75) is 18.9 Å². The van der Waals surface area contributed by atoms with Gasteiger partial charge in [0.05, 0.1) is 5.56 Å². The first-order chi connectivity index (χ1) is 8.59. The summed E-state index contributed by atoms with van der Waals surface area (Å²) in [6.07, 6.45) is 2.26. The minimum Gasteiger partial charge on any atom is -0.337 e. The maximum absolute atomic E-state index is 12.5. The summed E-state index contributed by atoms with van der Waals surface area (Å²) in [6.45, 7) is 1.69. The van der Waals surface area contributed by atoms with Crippen LogP contribution in [0.15, 0.2) is 28.7 Å². The zero-order chi connectivity index (χ0) is 13.1. The molecule has 1 aromatic carbocycles. The molecule has 0 radical (unpaired) electrons. The first-order valence-electron chi connectivity index (χ1n) is 6.30. The van der Waals surface area contributed by atoms with Crippen LogP contribution >= 0.6 is 15.9 Å². The number of carbonyl (C=O) groups excluding carboxylic acids is 1. The molecule has 0 spiro atoms. The van der Waals surface area contributed by atoms with E-state index in [0.717, 1.165) is 29.5 Å². The fourth-order valence-electron chi connectivity index (χ4n) is 2.37. The van der Waals surface area contributed by atoms with Gasteiger partial charge in [0.15, 0.2) is 0 Å². The SMILES string of the molecule is CN(C)C1CCCN(C(=O)c2ccccc2Br)C1. The van der Waals surface area contributed by atoms with Crippen LogP contribution in [-0.2, 0) is 0 Å². The number of benzene rings is 1. The molecule has 4 heteroatoms. The van der Waals surface area contributed by atoms with Gasteiger partial charge < -0.3 is 9.80 Å². The molecule has 2 rings (SSSR count). The molecular formula is C14H19BrN2O. The number of piperidine rings is 1. The lowest BCUT2D eigenvalue weighted by atomic mass is 10.0. The summed E-state index contributed by atoms with van der Waals surface area (Å²) < 4.78 is 0.877. The molecule has 98 valence electrons. The van der Waals surface area contributed by atoms with Gasteiger partial charge in [0, 0.05) is 23.6 Å². The van der Waals surface area contributed by atoms with E-state index in [-0.39, 0.29) is 5.91 Å². The third-order valence-electron chi connectivity index (χ3n) is 3.52. The second kappa shape index (κ2) is 5.85. The van der Waals surface area contributed by atoms with Crippen LogP contribution in [-0.4, -0.2) is 48.9 Å². The molecule has 1 unspecified atom stereocenters. The number of likely N-dealkylation sites (N-methyl/N-ethyl adjacent to an activating group) is 1. The average Bonchev–Trinajstić information content (AvgIpc) is 2.38. The summed E-state index contributed by atoms with van der Waals surface area (Å²) in [4.78, 5) is 16.6. The van der Waals surface area contributed by atoms with Crippen LogP contribution in [0.3, 0.4) is 0 Å². The fraction of sp³-hybridized carbons (Fsp3) is 0.500. The Morgan fingerprint density at radius 2 is 2.11 bits per heavy atom. The highest BCUT2D eigenvalue weighted by Crippen LogP contribution is 2.21. The minimum atomic E-state index is 0.133. The van der Waals surface area contributed by atoms with Gasteiger partial charge in [-0.1, -0.05) is 12.1 Å². The van der Waals surface area contributed by atoms with Crippen LogP contribution in [0.25, 0.3) is 0 Å².